The van der Waals surface area contributed by atoms with E-state index in [1.54, 1.807) is 0 Å². The number of hydrogen-bond donors (Lipinski definition) is 1. The maximum Gasteiger partial charge on any atom is 0.207 e. The van der Waals surface area contributed by atoms with Gasteiger partial charge >= 0.3 is 0 Å². The van der Waals surface area contributed by atoms with Crippen LogP contribution in [0, 0.1) is 0 Å². The average Bonchev–Trinajstić information content (AvgIpc) is 3.45. The minimum absolute atomic E-state index is 0.369. The van der Waals surface area contributed by atoms with Crippen molar-refractivity contribution in [2.75, 3.05) is 7.11 Å². The van der Waals surface area contributed by atoms with Crippen LogP contribution in [0.15, 0.2) is 30.3 Å². The van der Waals surface area contributed by atoms with Gasteiger partial charge in [0.05, 0.1) is 11.3 Å². The molecule has 2 aliphatic rings. The third-order valence-corrected chi connectivity index (χ3v) is 6.34. The second kappa shape index (κ2) is 7.09. The fourth-order valence-electron chi connectivity index (χ4n) is 4.96. The molecular weight excluding hydrogens is 350 g/mol. The molecule has 5 rings (SSSR count). The standard InChI is InChI=1S/C22H25N5O/c1-28-22(13-7-8-14-22)20-19(21-24-26-27-25-21)18(15-9-3-2-4-10-15)16-11-5-6-12-17(16)23-20/h2-4,9-10H,5-8,11-14H2,1H3,(H,24,25,26,27). The summed E-state index contributed by atoms with van der Waals surface area (Å²) in [5.74, 6) is 0.609. The van der Waals surface area contributed by atoms with Crippen molar-refractivity contribution < 1.29 is 4.74 Å². The van der Waals surface area contributed by atoms with Crippen LogP contribution < -0.4 is 0 Å². The number of benzene rings is 1. The summed E-state index contributed by atoms with van der Waals surface area (Å²) in [5.41, 5.74) is 6.57. The molecule has 2 aromatic heterocycles. The molecule has 1 fully saturated rings. The monoisotopic (exact) mass is 375 g/mol. The van der Waals surface area contributed by atoms with Gasteiger partial charge in [-0.3, -0.25) is 4.98 Å². The number of nitrogens with one attached hydrogen (secondary N) is 1. The van der Waals surface area contributed by atoms with Crippen molar-refractivity contribution in [2.24, 2.45) is 0 Å². The van der Waals surface area contributed by atoms with Gasteiger partial charge in [0.2, 0.25) is 5.82 Å². The number of methoxy groups -OCH3 is 1. The Balaban J connectivity index is 1.87. The number of aryl methyl sites for hydroxylation is 1. The predicted molar refractivity (Wildman–Crippen MR) is 107 cm³/mol. The highest BCUT2D eigenvalue weighted by molar-refractivity contribution is 5.85. The van der Waals surface area contributed by atoms with E-state index in [0.717, 1.165) is 49.8 Å². The van der Waals surface area contributed by atoms with Crippen molar-refractivity contribution in [3.05, 3.63) is 47.3 Å². The Labute approximate surface area is 164 Å². The molecule has 6 heteroatoms. The van der Waals surface area contributed by atoms with Gasteiger partial charge in [-0.05, 0) is 60.4 Å². The fourth-order valence-corrected chi connectivity index (χ4v) is 4.96. The second-order valence-corrected chi connectivity index (χ2v) is 7.85. The summed E-state index contributed by atoms with van der Waals surface area (Å²) >= 11 is 0. The van der Waals surface area contributed by atoms with E-state index in [1.165, 1.54) is 35.2 Å². The van der Waals surface area contributed by atoms with E-state index in [0.29, 0.717) is 5.82 Å². The molecule has 1 N–H and O–H groups in total. The molecule has 0 atom stereocenters. The lowest BCUT2D eigenvalue weighted by Gasteiger charge is -2.32. The van der Waals surface area contributed by atoms with Gasteiger partial charge in [0, 0.05) is 12.8 Å². The largest absolute Gasteiger partial charge is 0.372 e. The summed E-state index contributed by atoms with van der Waals surface area (Å²) in [4.78, 5) is 5.23. The first kappa shape index (κ1) is 17.5. The maximum absolute atomic E-state index is 6.16. The molecule has 0 amide bonds. The van der Waals surface area contributed by atoms with Gasteiger partial charge in [0.1, 0.15) is 5.60 Å². The predicted octanol–water partition coefficient (Wildman–Crippen LogP) is 4.22. The number of fused-ring (bicyclic) bond motifs is 1. The van der Waals surface area contributed by atoms with E-state index in [4.69, 9.17) is 9.72 Å². The first-order chi connectivity index (χ1) is 13.8. The lowest BCUT2D eigenvalue weighted by molar-refractivity contribution is -0.0120. The molecule has 0 radical (unpaired) electrons. The molecule has 1 aromatic carbocycles. The zero-order valence-electron chi connectivity index (χ0n) is 16.2. The number of rotatable bonds is 4. The lowest BCUT2D eigenvalue weighted by Crippen LogP contribution is -2.29. The molecule has 2 heterocycles. The molecule has 0 aliphatic heterocycles. The Kier molecular flexibility index (Phi) is 4.43. The van der Waals surface area contributed by atoms with Crippen LogP contribution in [-0.2, 0) is 23.2 Å². The van der Waals surface area contributed by atoms with Gasteiger partial charge in [-0.15, -0.1) is 10.2 Å². The van der Waals surface area contributed by atoms with Crippen LogP contribution in [-0.4, -0.2) is 32.7 Å². The van der Waals surface area contributed by atoms with E-state index in [-0.39, 0.29) is 5.60 Å². The number of aromatic amines is 1. The zero-order valence-corrected chi connectivity index (χ0v) is 16.2. The van der Waals surface area contributed by atoms with Crippen LogP contribution in [0.5, 0.6) is 0 Å². The van der Waals surface area contributed by atoms with Crippen LogP contribution in [0.2, 0.25) is 0 Å². The fraction of sp³-hybridized carbons (Fsp3) is 0.455. The third kappa shape index (κ3) is 2.75. The average molecular weight is 375 g/mol. The van der Waals surface area contributed by atoms with Crippen LogP contribution in [0.3, 0.4) is 0 Å². The van der Waals surface area contributed by atoms with Gasteiger partial charge in [-0.25, -0.2) is 0 Å². The van der Waals surface area contributed by atoms with Crippen molar-refractivity contribution in [2.45, 2.75) is 57.0 Å². The highest BCUT2D eigenvalue weighted by atomic mass is 16.5. The summed E-state index contributed by atoms with van der Waals surface area (Å²) < 4.78 is 6.16. The van der Waals surface area contributed by atoms with Gasteiger partial charge in [0.15, 0.2) is 0 Å². The number of pyridine rings is 1. The highest BCUT2D eigenvalue weighted by Crippen LogP contribution is 2.48. The molecule has 1 saturated carbocycles. The number of tetrazole rings is 1. The van der Waals surface area contributed by atoms with Crippen LogP contribution in [0.25, 0.3) is 22.5 Å². The number of nitrogens with zero attached hydrogens (tertiary/aromatic N) is 4. The molecule has 0 spiro atoms. The Hall–Kier alpha value is -2.60. The topological polar surface area (TPSA) is 76.6 Å². The van der Waals surface area contributed by atoms with Crippen molar-refractivity contribution in [3.8, 4) is 22.5 Å². The molecule has 6 nitrogen and oxygen atoms in total. The molecule has 144 valence electrons. The van der Waals surface area contributed by atoms with E-state index in [9.17, 15) is 0 Å². The number of ether oxygens (including phenoxy) is 1. The molecule has 0 bridgehead atoms. The summed E-state index contributed by atoms with van der Waals surface area (Å²) in [6, 6.07) is 10.6. The van der Waals surface area contributed by atoms with E-state index < -0.39 is 0 Å². The summed E-state index contributed by atoms with van der Waals surface area (Å²) in [6.45, 7) is 0. The quantitative estimate of drug-likeness (QED) is 0.739. The molecular formula is C22H25N5O. The molecule has 3 aromatic rings. The Morgan fingerprint density at radius 1 is 0.964 bits per heavy atom. The van der Waals surface area contributed by atoms with Crippen molar-refractivity contribution in [1.82, 2.24) is 25.6 Å². The van der Waals surface area contributed by atoms with Gasteiger partial charge < -0.3 is 4.74 Å². The van der Waals surface area contributed by atoms with E-state index >= 15 is 0 Å². The smallest absolute Gasteiger partial charge is 0.207 e. The van der Waals surface area contributed by atoms with E-state index in [1.807, 2.05) is 7.11 Å². The first-order valence-corrected chi connectivity index (χ1v) is 10.2. The van der Waals surface area contributed by atoms with E-state index in [2.05, 4.69) is 51.0 Å². The van der Waals surface area contributed by atoms with Crippen molar-refractivity contribution in [3.63, 3.8) is 0 Å². The van der Waals surface area contributed by atoms with Crippen molar-refractivity contribution in [1.29, 1.82) is 0 Å². The number of hydrogen-bond acceptors (Lipinski definition) is 5. The molecule has 2 aliphatic carbocycles. The summed E-state index contributed by atoms with van der Waals surface area (Å²) in [5, 5.41) is 15.2. The summed E-state index contributed by atoms with van der Waals surface area (Å²) in [7, 11) is 1.81. The molecule has 28 heavy (non-hydrogen) atoms. The Morgan fingerprint density at radius 3 is 2.46 bits per heavy atom. The normalized spacial score (nSPS) is 18.2. The Bertz CT molecular complexity index is 962. The second-order valence-electron chi connectivity index (χ2n) is 7.85. The van der Waals surface area contributed by atoms with Gasteiger partial charge in [-0.1, -0.05) is 43.2 Å². The lowest BCUT2D eigenvalue weighted by atomic mass is 9.81. The first-order valence-electron chi connectivity index (χ1n) is 10.2. The minimum Gasteiger partial charge on any atom is -0.372 e. The highest BCUT2D eigenvalue weighted by Gasteiger charge is 2.42. The van der Waals surface area contributed by atoms with Crippen LogP contribution in [0.4, 0.5) is 0 Å². The van der Waals surface area contributed by atoms with Crippen LogP contribution in [0.1, 0.15) is 55.5 Å². The zero-order chi connectivity index (χ0) is 19.0. The Morgan fingerprint density at radius 2 is 1.75 bits per heavy atom. The minimum atomic E-state index is -0.369. The van der Waals surface area contributed by atoms with Crippen molar-refractivity contribution >= 4 is 0 Å². The maximum atomic E-state index is 6.16. The molecule has 0 unspecified atom stereocenters. The van der Waals surface area contributed by atoms with Crippen LogP contribution >= 0.6 is 0 Å². The molecule has 0 saturated heterocycles. The van der Waals surface area contributed by atoms with Gasteiger partial charge in [-0.2, -0.15) is 5.21 Å². The van der Waals surface area contributed by atoms with Gasteiger partial charge in [0.25, 0.3) is 0 Å². The third-order valence-electron chi connectivity index (χ3n) is 6.34. The number of aromatic nitrogens is 5. The summed E-state index contributed by atoms with van der Waals surface area (Å²) in [6.07, 6.45) is 8.71. The number of H-pyrrole nitrogens is 1. The SMILES string of the molecule is COC1(c2nc3c(c(-c4ccccc4)c2-c2nn[nH]n2)CCCC3)CCCC1.